The summed E-state index contributed by atoms with van der Waals surface area (Å²) >= 11 is 0. The van der Waals surface area contributed by atoms with E-state index in [1.54, 1.807) is 0 Å². The summed E-state index contributed by atoms with van der Waals surface area (Å²) in [5.41, 5.74) is -2.04. The van der Waals surface area contributed by atoms with Gasteiger partial charge in [-0.1, -0.05) is 11.8 Å². The summed E-state index contributed by atoms with van der Waals surface area (Å²) in [6, 6.07) is 3.96. The smallest absolute Gasteiger partial charge is 0.340 e. The van der Waals surface area contributed by atoms with Gasteiger partial charge in [0.2, 0.25) is 6.79 Å². The van der Waals surface area contributed by atoms with Crippen LogP contribution in [0.5, 0.6) is 11.5 Å². The number of carbonyl (C=O) groups excluding carboxylic acids is 2. The third-order valence-electron chi connectivity index (χ3n) is 8.02. The second-order valence-corrected chi connectivity index (χ2v) is 11.1. The zero-order chi connectivity index (χ0) is 28.0. The van der Waals surface area contributed by atoms with Crippen molar-refractivity contribution in [1.29, 1.82) is 0 Å². The molecule has 3 aliphatic heterocycles. The predicted octanol–water partition coefficient (Wildman–Crippen LogP) is 1.80. The van der Waals surface area contributed by atoms with E-state index in [1.165, 1.54) is 28.1 Å². The van der Waals surface area contributed by atoms with Crippen molar-refractivity contribution in [2.24, 2.45) is 0 Å². The Hall–Kier alpha value is -3.26. The van der Waals surface area contributed by atoms with E-state index in [2.05, 4.69) is 22.8 Å². The molecule has 210 valence electrons. The number of methoxy groups -OCH3 is 2. The Morgan fingerprint density at radius 3 is 2.62 bits per heavy atom. The first kappa shape index (κ1) is 27.3. The molecule has 1 fully saturated rings. The molecule has 1 aliphatic carbocycles. The van der Waals surface area contributed by atoms with Gasteiger partial charge in [0, 0.05) is 13.0 Å². The Balaban J connectivity index is 1.54. The molecule has 0 unspecified atom stereocenters. The van der Waals surface area contributed by atoms with Crippen molar-refractivity contribution < 1.29 is 43.5 Å². The van der Waals surface area contributed by atoms with Crippen LogP contribution in [0, 0.1) is 11.8 Å². The van der Waals surface area contributed by atoms with Crippen LogP contribution in [0.1, 0.15) is 56.6 Å². The van der Waals surface area contributed by atoms with Gasteiger partial charge in [0.1, 0.15) is 11.4 Å². The van der Waals surface area contributed by atoms with Gasteiger partial charge in [0.05, 0.1) is 32.1 Å². The van der Waals surface area contributed by atoms with Crippen LogP contribution < -0.4 is 9.47 Å². The van der Waals surface area contributed by atoms with Gasteiger partial charge in [-0.3, -0.25) is 9.69 Å². The molecule has 0 aromatic heterocycles. The highest BCUT2D eigenvalue weighted by molar-refractivity contribution is 5.86. The fourth-order valence-electron chi connectivity index (χ4n) is 6.24. The minimum Gasteiger partial charge on any atom is -0.497 e. The average Bonchev–Trinajstić information content (AvgIpc) is 3.56. The zero-order valence-electron chi connectivity index (χ0n) is 22.7. The highest BCUT2D eigenvalue weighted by Gasteiger charge is 2.59. The first-order chi connectivity index (χ1) is 18.5. The molecule has 2 N–H and O–H groups in total. The van der Waals surface area contributed by atoms with Crippen molar-refractivity contribution in [3.05, 3.63) is 35.1 Å². The number of fused-ring (bicyclic) bond motifs is 3. The number of carbonyl (C=O) groups is 2. The maximum absolute atomic E-state index is 13.7. The van der Waals surface area contributed by atoms with Gasteiger partial charge in [-0.2, -0.15) is 0 Å². The van der Waals surface area contributed by atoms with E-state index in [0.29, 0.717) is 17.3 Å². The minimum atomic E-state index is -2.29. The fourth-order valence-corrected chi connectivity index (χ4v) is 6.24. The Labute approximate surface area is 227 Å². The standard InChI is InChI=1S/C29H35NO9/c1-27(2,33)8-5-10-29(34,16-23(31)36-4)26(32)39-25-22(35-3)15-28-9-6-11-30(28)12-7-18-13-20-21(38-17-37-20)14-19(18)24(25)28/h13-15,24-25,33-34H,6-7,9-12,16-17H2,1-4H3/t24-,25-,28+,29-/m1/s1. The maximum atomic E-state index is 13.7. The number of rotatable bonds is 6. The largest absolute Gasteiger partial charge is 0.497 e. The summed E-state index contributed by atoms with van der Waals surface area (Å²) in [7, 11) is 2.70. The molecular formula is C29H35NO9. The fraction of sp³-hybridized carbons (Fsp3) is 0.586. The number of benzene rings is 1. The van der Waals surface area contributed by atoms with E-state index in [0.717, 1.165) is 43.5 Å². The molecule has 3 heterocycles. The van der Waals surface area contributed by atoms with Crippen LogP contribution >= 0.6 is 0 Å². The van der Waals surface area contributed by atoms with Crippen molar-refractivity contribution in [1.82, 2.24) is 4.90 Å². The lowest BCUT2D eigenvalue weighted by atomic mass is 9.77. The minimum absolute atomic E-state index is 0.145. The first-order valence-corrected chi connectivity index (χ1v) is 13.2. The molecule has 1 aromatic carbocycles. The third-order valence-corrected chi connectivity index (χ3v) is 8.02. The number of hydrogen-bond donors (Lipinski definition) is 2. The molecule has 1 saturated heterocycles. The van der Waals surface area contributed by atoms with Crippen LogP contribution in [0.4, 0.5) is 0 Å². The van der Waals surface area contributed by atoms with E-state index in [-0.39, 0.29) is 12.7 Å². The molecule has 4 aliphatic rings. The Morgan fingerprint density at radius 1 is 1.18 bits per heavy atom. The number of ether oxygens (including phenoxy) is 5. The van der Waals surface area contributed by atoms with Crippen LogP contribution in [0.25, 0.3) is 0 Å². The maximum Gasteiger partial charge on any atom is 0.340 e. The number of nitrogens with zero attached hydrogens (tertiary/aromatic N) is 1. The molecule has 0 saturated carbocycles. The van der Waals surface area contributed by atoms with Gasteiger partial charge in [-0.05, 0) is 69.0 Å². The summed E-state index contributed by atoms with van der Waals surface area (Å²) in [5.74, 6) is 4.86. The number of aliphatic hydroxyl groups is 2. The van der Waals surface area contributed by atoms with Crippen molar-refractivity contribution in [3.63, 3.8) is 0 Å². The van der Waals surface area contributed by atoms with Gasteiger partial charge in [-0.25, -0.2) is 4.79 Å². The lowest BCUT2D eigenvalue weighted by molar-refractivity contribution is -0.177. The summed E-state index contributed by atoms with van der Waals surface area (Å²) in [6.45, 7) is 4.81. The van der Waals surface area contributed by atoms with Crippen molar-refractivity contribution in [2.75, 3.05) is 34.1 Å². The summed E-state index contributed by atoms with van der Waals surface area (Å²) in [5, 5.41) is 21.4. The lowest BCUT2D eigenvalue weighted by Crippen LogP contribution is -2.49. The summed E-state index contributed by atoms with van der Waals surface area (Å²) < 4.78 is 27.9. The average molecular weight is 542 g/mol. The van der Waals surface area contributed by atoms with Crippen molar-refractivity contribution >= 4 is 11.9 Å². The Morgan fingerprint density at radius 2 is 1.92 bits per heavy atom. The topological polar surface area (TPSA) is 124 Å². The van der Waals surface area contributed by atoms with Crippen molar-refractivity contribution in [2.45, 2.75) is 74.7 Å². The van der Waals surface area contributed by atoms with Gasteiger partial charge in [0.15, 0.2) is 23.2 Å². The molecule has 0 radical (unpaired) electrons. The van der Waals surface area contributed by atoms with Gasteiger partial charge >= 0.3 is 11.9 Å². The van der Waals surface area contributed by atoms with E-state index in [4.69, 9.17) is 23.7 Å². The van der Waals surface area contributed by atoms with Crippen LogP contribution in [-0.2, 0) is 30.2 Å². The van der Waals surface area contributed by atoms with Crippen LogP contribution in [0.15, 0.2) is 24.0 Å². The van der Waals surface area contributed by atoms with Crippen LogP contribution in [0.3, 0.4) is 0 Å². The molecular weight excluding hydrogens is 506 g/mol. The molecule has 10 nitrogen and oxygen atoms in total. The van der Waals surface area contributed by atoms with Crippen LogP contribution in [-0.4, -0.2) is 84.0 Å². The van der Waals surface area contributed by atoms with Gasteiger partial charge in [0.25, 0.3) is 0 Å². The van der Waals surface area contributed by atoms with Gasteiger partial charge in [-0.15, -0.1) is 0 Å². The second-order valence-electron chi connectivity index (χ2n) is 11.1. The molecule has 5 rings (SSSR count). The molecule has 1 spiro atoms. The highest BCUT2D eigenvalue weighted by atomic mass is 16.7. The predicted molar refractivity (Wildman–Crippen MR) is 138 cm³/mol. The number of hydrogen-bond acceptors (Lipinski definition) is 10. The van der Waals surface area contributed by atoms with Gasteiger partial charge < -0.3 is 33.9 Å². The van der Waals surface area contributed by atoms with E-state index in [9.17, 15) is 19.8 Å². The zero-order valence-corrected chi connectivity index (χ0v) is 22.7. The SMILES string of the molecule is COC(=O)C[C@](O)(CC#CC(C)(C)O)C(=O)O[C@@H]1C(OC)=C[C@]23CCCN2CCc2cc4c(cc2[C@H]13)OCO4. The summed E-state index contributed by atoms with van der Waals surface area (Å²) in [4.78, 5) is 28.3. The monoisotopic (exact) mass is 541 g/mol. The van der Waals surface area contributed by atoms with E-state index < -0.39 is 47.6 Å². The summed E-state index contributed by atoms with van der Waals surface area (Å²) in [6.07, 6.45) is 2.71. The third kappa shape index (κ3) is 4.95. The lowest BCUT2D eigenvalue weighted by Gasteiger charge is -2.39. The number of esters is 2. The van der Waals surface area contributed by atoms with Crippen molar-refractivity contribution in [3.8, 4) is 23.3 Å². The van der Waals surface area contributed by atoms with E-state index >= 15 is 0 Å². The Bertz CT molecular complexity index is 1260. The molecule has 0 bridgehead atoms. The molecule has 0 amide bonds. The Kier molecular flexibility index (Phi) is 7.04. The molecule has 39 heavy (non-hydrogen) atoms. The van der Waals surface area contributed by atoms with E-state index in [1.807, 2.05) is 12.1 Å². The first-order valence-electron chi connectivity index (χ1n) is 13.2. The quantitative estimate of drug-likeness (QED) is 0.407. The van der Waals surface area contributed by atoms with Crippen LogP contribution in [0.2, 0.25) is 0 Å². The molecule has 10 heteroatoms. The second kappa shape index (κ2) is 10.0. The highest BCUT2D eigenvalue weighted by Crippen LogP contribution is 2.55. The molecule has 1 aromatic rings. The normalized spacial score (nSPS) is 26.6. The molecule has 4 atom stereocenters.